The molecule has 2 atom stereocenters. The Bertz CT molecular complexity index is 275. The van der Waals surface area contributed by atoms with E-state index in [4.69, 9.17) is 0 Å². The van der Waals surface area contributed by atoms with E-state index in [1.165, 1.54) is 42.9 Å². The van der Waals surface area contributed by atoms with Crippen LogP contribution in [0, 0.1) is 0 Å². The molecule has 0 aromatic carbocycles. The maximum absolute atomic E-state index is 12.4. The average molecular weight is 303 g/mol. The third-order valence-corrected chi connectivity index (χ3v) is 6.67. The van der Waals surface area contributed by atoms with Gasteiger partial charge in [-0.05, 0) is 19.8 Å². The van der Waals surface area contributed by atoms with Crippen molar-refractivity contribution in [1.82, 2.24) is 10.2 Å². The first-order chi connectivity index (χ1) is 9.27. The molecule has 2 saturated heterocycles. The molecule has 0 spiro atoms. The standard InChI is InChI=1S/C14H26N2OS2/c1-12(15-10-13-11-18-8-9-19-13)14(17)16-6-4-2-3-5-7-16/h12-13,15H,2-11H2,1H3. The van der Waals surface area contributed by atoms with Crippen LogP contribution in [0.3, 0.4) is 0 Å². The Labute approximate surface area is 125 Å². The van der Waals surface area contributed by atoms with Gasteiger partial charge in [0.25, 0.3) is 0 Å². The molecule has 3 nitrogen and oxygen atoms in total. The van der Waals surface area contributed by atoms with Gasteiger partial charge in [0.2, 0.25) is 5.91 Å². The predicted molar refractivity (Wildman–Crippen MR) is 86.1 cm³/mol. The lowest BCUT2D eigenvalue weighted by atomic mass is 10.2. The molecule has 2 fully saturated rings. The lowest BCUT2D eigenvalue weighted by molar-refractivity contribution is -0.132. The zero-order valence-electron chi connectivity index (χ0n) is 11.9. The first kappa shape index (κ1) is 15.5. The van der Waals surface area contributed by atoms with Gasteiger partial charge < -0.3 is 10.2 Å². The van der Waals surface area contributed by atoms with E-state index >= 15 is 0 Å². The molecule has 2 aliphatic heterocycles. The van der Waals surface area contributed by atoms with E-state index in [9.17, 15) is 4.79 Å². The zero-order valence-corrected chi connectivity index (χ0v) is 13.5. The van der Waals surface area contributed by atoms with Crippen molar-refractivity contribution in [3.05, 3.63) is 0 Å². The van der Waals surface area contributed by atoms with Gasteiger partial charge in [-0.25, -0.2) is 0 Å². The molecule has 2 unspecified atom stereocenters. The fourth-order valence-corrected chi connectivity index (χ4v) is 5.24. The number of carbonyl (C=O) groups is 1. The third-order valence-electron chi connectivity index (χ3n) is 3.82. The summed E-state index contributed by atoms with van der Waals surface area (Å²) in [7, 11) is 0. The molecular weight excluding hydrogens is 276 g/mol. The van der Waals surface area contributed by atoms with Crippen LogP contribution in [0.15, 0.2) is 0 Å². The maximum Gasteiger partial charge on any atom is 0.239 e. The largest absolute Gasteiger partial charge is 0.341 e. The van der Waals surface area contributed by atoms with Crippen molar-refractivity contribution >= 4 is 29.4 Å². The molecular formula is C14H26N2OS2. The smallest absolute Gasteiger partial charge is 0.239 e. The zero-order chi connectivity index (χ0) is 13.5. The first-order valence-corrected chi connectivity index (χ1v) is 9.69. The van der Waals surface area contributed by atoms with Crippen LogP contribution in [-0.2, 0) is 4.79 Å². The van der Waals surface area contributed by atoms with Gasteiger partial charge in [-0.3, -0.25) is 4.79 Å². The second kappa shape index (κ2) is 8.42. The molecule has 1 N–H and O–H groups in total. The van der Waals surface area contributed by atoms with E-state index in [0.29, 0.717) is 11.2 Å². The fraction of sp³-hybridized carbons (Fsp3) is 0.929. The lowest BCUT2D eigenvalue weighted by Crippen LogP contribution is -2.47. The van der Waals surface area contributed by atoms with Crippen LogP contribution in [0.1, 0.15) is 32.6 Å². The summed E-state index contributed by atoms with van der Waals surface area (Å²) >= 11 is 4.09. The Hall–Kier alpha value is 0.130. The van der Waals surface area contributed by atoms with Crippen LogP contribution in [0.5, 0.6) is 0 Å². The highest BCUT2D eigenvalue weighted by Crippen LogP contribution is 2.23. The van der Waals surface area contributed by atoms with Crippen LogP contribution in [-0.4, -0.2) is 59.0 Å². The van der Waals surface area contributed by atoms with Crippen molar-refractivity contribution in [1.29, 1.82) is 0 Å². The number of rotatable bonds is 4. The number of nitrogens with one attached hydrogen (secondary N) is 1. The molecule has 0 aromatic heterocycles. The van der Waals surface area contributed by atoms with Gasteiger partial charge in [-0.2, -0.15) is 23.5 Å². The molecule has 5 heteroatoms. The van der Waals surface area contributed by atoms with Gasteiger partial charge in [0.05, 0.1) is 6.04 Å². The fourth-order valence-electron chi connectivity index (χ4n) is 2.61. The highest BCUT2D eigenvalue weighted by Gasteiger charge is 2.22. The summed E-state index contributed by atoms with van der Waals surface area (Å²) in [6.07, 6.45) is 4.91. The van der Waals surface area contributed by atoms with Crippen LogP contribution in [0.2, 0.25) is 0 Å². The monoisotopic (exact) mass is 302 g/mol. The molecule has 19 heavy (non-hydrogen) atoms. The second-order valence-electron chi connectivity index (χ2n) is 5.44. The van der Waals surface area contributed by atoms with Crippen LogP contribution in [0.4, 0.5) is 0 Å². The average Bonchev–Trinajstić information content (AvgIpc) is 2.74. The van der Waals surface area contributed by atoms with Crippen LogP contribution >= 0.6 is 23.5 Å². The number of thioether (sulfide) groups is 2. The molecule has 2 aliphatic rings. The molecule has 0 bridgehead atoms. The van der Waals surface area contributed by atoms with Crippen molar-refractivity contribution in [3.8, 4) is 0 Å². The van der Waals surface area contributed by atoms with E-state index in [1.807, 2.05) is 30.4 Å². The summed E-state index contributed by atoms with van der Waals surface area (Å²) in [6.45, 7) is 4.91. The lowest BCUT2D eigenvalue weighted by Gasteiger charge is -2.27. The summed E-state index contributed by atoms with van der Waals surface area (Å²) < 4.78 is 0. The Kier molecular flexibility index (Phi) is 6.88. The maximum atomic E-state index is 12.4. The molecule has 0 aromatic rings. The summed E-state index contributed by atoms with van der Waals surface area (Å²) in [5.41, 5.74) is 0. The Morgan fingerprint density at radius 2 is 2.00 bits per heavy atom. The molecule has 0 saturated carbocycles. The van der Waals surface area contributed by atoms with Crippen LogP contribution in [0.25, 0.3) is 0 Å². The van der Waals surface area contributed by atoms with Crippen LogP contribution < -0.4 is 5.32 Å². The summed E-state index contributed by atoms with van der Waals surface area (Å²) in [4.78, 5) is 14.4. The predicted octanol–water partition coefficient (Wildman–Crippen LogP) is 2.22. The minimum Gasteiger partial charge on any atom is -0.341 e. The van der Waals surface area contributed by atoms with Crippen molar-refractivity contribution in [2.75, 3.05) is 36.9 Å². The number of hydrogen-bond acceptors (Lipinski definition) is 4. The van der Waals surface area contributed by atoms with Crippen molar-refractivity contribution < 1.29 is 4.79 Å². The van der Waals surface area contributed by atoms with Crippen molar-refractivity contribution in [2.24, 2.45) is 0 Å². The Balaban J connectivity index is 1.71. The Morgan fingerprint density at radius 3 is 2.63 bits per heavy atom. The number of nitrogens with zero attached hydrogens (tertiary/aromatic N) is 1. The van der Waals surface area contributed by atoms with Crippen molar-refractivity contribution in [2.45, 2.75) is 43.9 Å². The second-order valence-corrected chi connectivity index (χ2v) is 8.00. The Morgan fingerprint density at radius 1 is 1.26 bits per heavy atom. The quantitative estimate of drug-likeness (QED) is 0.863. The highest BCUT2D eigenvalue weighted by atomic mass is 32.2. The number of amides is 1. The molecule has 2 rings (SSSR count). The number of hydrogen-bond donors (Lipinski definition) is 1. The van der Waals surface area contributed by atoms with E-state index in [-0.39, 0.29) is 6.04 Å². The van der Waals surface area contributed by atoms with Gasteiger partial charge in [0, 0.05) is 42.1 Å². The minimum absolute atomic E-state index is 0.0226. The van der Waals surface area contributed by atoms with Gasteiger partial charge >= 0.3 is 0 Å². The minimum atomic E-state index is -0.0226. The van der Waals surface area contributed by atoms with E-state index in [1.54, 1.807) is 0 Å². The van der Waals surface area contributed by atoms with Crippen molar-refractivity contribution in [3.63, 3.8) is 0 Å². The third kappa shape index (κ3) is 5.20. The van der Waals surface area contributed by atoms with E-state index in [2.05, 4.69) is 10.2 Å². The number of likely N-dealkylation sites (tertiary alicyclic amines) is 1. The van der Waals surface area contributed by atoms with E-state index in [0.717, 1.165) is 19.6 Å². The first-order valence-electron chi connectivity index (χ1n) is 7.49. The molecule has 0 radical (unpaired) electrons. The molecule has 1 amide bonds. The van der Waals surface area contributed by atoms with Gasteiger partial charge in [-0.1, -0.05) is 12.8 Å². The topological polar surface area (TPSA) is 32.3 Å². The summed E-state index contributed by atoms with van der Waals surface area (Å²) in [5, 5.41) is 4.12. The number of carbonyl (C=O) groups excluding carboxylic acids is 1. The highest BCUT2D eigenvalue weighted by molar-refractivity contribution is 8.06. The normalized spacial score (nSPS) is 26.8. The molecule has 0 aliphatic carbocycles. The van der Waals surface area contributed by atoms with Gasteiger partial charge in [0.1, 0.15) is 0 Å². The van der Waals surface area contributed by atoms with Gasteiger partial charge in [0.15, 0.2) is 0 Å². The van der Waals surface area contributed by atoms with Gasteiger partial charge in [-0.15, -0.1) is 0 Å². The SMILES string of the molecule is CC(NCC1CSCCS1)C(=O)N1CCCCCC1. The van der Waals surface area contributed by atoms with E-state index < -0.39 is 0 Å². The summed E-state index contributed by atoms with van der Waals surface area (Å²) in [5.74, 6) is 4.06. The molecule has 110 valence electrons. The summed E-state index contributed by atoms with van der Waals surface area (Å²) in [6, 6.07) is -0.0226. The molecule has 2 heterocycles.